The van der Waals surface area contributed by atoms with Crippen LogP contribution in [0.4, 0.5) is 11.4 Å². The van der Waals surface area contributed by atoms with Crippen LogP contribution in [0.25, 0.3) is 0 Å². The normalized spacial score (nSPS) is 12.0. The summed E-state index contributed by atoms with van der Waals surface area (Å²) in [6, 6.07) is 14.8. The van der Waals surface area contributed by atoms with E-state index >= 15 is 0 Å². The van der Waals surface area contributed by atoms with Gasteiger partial charge in [-0.25, -0.2) is 0 Å². The van der Waals surface area contributed by atoms with Crippen LogP contribution in [-0.4, -0.2) is 12.0 Å². The molecule has 0 saturated heterocycles. The predicted octanol–water partition coefficient (Wildman–Crippen LogP) is 3.80. The van der Waals surface area contributed by atoms with Gasteiger partial charge in [0.05, 0.1) is 0 Å². The summed E-state index contributed by atoms with van der Waals surface area (Å²) in [4.78, 5) is 12.1. The molecule has 1 atom stereocenters. The first-order valence-electron chi connectivity index (χ1n) is 7.38. The number of nitrogens with two attached hydrogens (primary N) is 1. The summed E-state index contributed by atoms with van der Waals surface area (Å²) < 4.78 is 5.67. The molecule has 0 heterocycles. The van der Waals surface area contributed by atoms with Crippen LogP contribution >= 0.6 is 0 Å². The minimum atomic E-state index is -0.581. The molecular weight excluding hydrogens is 276 g/mol. The van der Waals surface area contributed by atoms with Gasteiger partial charge in [-0.05, 0) is 54.8 Å². The molecular formula is C18H22N2O2. The molecule has 0 aliphatic rings. The lowest BCUT2D eigenvalue weighted by atomic mass is 10.0. The van der Waals surface area contributed by atoms with Gasteiger partial charge in [-0.3, -0.25) is 4.79 Å². The lowest BCUT2D eigenvalue weighted by Gasteiger charge is -2.15. The molecule has 0 radical (unpaired) electrons. The summed E-state index contributed by atoms with van der Waals surface area (Å²) in [5.41, 5.74) is 8.22. The maximum atomic E-state index is 12.1. The molecule has 0 spiro atoms. The van der Waals surface area contributed by atoms with Gasteiger partial charge in [-0.15, -0.1) is 0 Å². The van der Waals surface area contributed by atoms with Crippen molar-refractivity contribution in [3.05, 3.63) is 54.1 Å². The molecule has 116 valence electrons. The van der Waals surface area contributed by atoms with E-state index in [0.717, 1.165) is 0 Å². The molecule has 22 heavy (non-hydrogen) atoms. The van der Waals surface area contributed by atoms with E-state index < -0.39 is 6.10 Å². The zero-order valence-corrected chi connectivity index (χ0v) is 13.2. The molecule has 4 heteroatoms. The summed E-state index contributed by atoms with van der Waals surface area (Å²) in [5, 5.41) is 2.80. The predicted molar refractivity (Wildman–Crippen MR) is 90.1 cm³/mol. The first kappa shape index (κ1) is 15.9. The van der Waals surface area contributed by atoms with Crippen molar-refractivity contribution in [1.29, 1.82) is 0 Å². The van der Waals surface area contributed by atoms with Crippen molar-refractivity contribution in [3.63, 3.8) is 0 Å². The molecule has 2 rings (SSSR count). The smallest absolute Gasteiger partial charge is 0.265 e. The van der Waals surface area contributed by atoms with E-state index in [2.05, 4.69) is 19.2 Å². The van der Waals surface area contributed by atoms with Crippen LogP contribution < -0.4 is 15.8 Å². The van der Waals surface area contributed by atoms with Gasteiger partial charge in [0.15, 0.2) is 6.10 Å². The van der Waals surface area contributed by atoms with Crippen LogP contribution in [0.1, 0.15) is 32.3 Å². The van der Waals surface area contributed by atoms with Crippen molar-refractivity contribution in [2.75, 3.05) is 11.1 Å². The van der Waals surface area contributed by atoms with Gasteiger partial charge >= 0.3 is 0 Å². The molecule has 0 aliphatic carbocycles. The number of benzene rings is 2. The third kappa shape index (κ3) is 4.25. The Hall–Kier alpha value is -2.49. The fourth-order valence-corrected chi connectivity index (χ4v) is 2.00. The zero-order valence-electron chi connectivity index (χ0n) is 13.2. The Morgan fingerprint density at radius 2 is 1.59 bits per heavy atom. The van der Waals surface area contributed by atoms with Gasteiger partial charge in [0.1, 0.15) is 5.75 Å². The first-order chi connectivity index (χ1) is 10.5. The van der Waals surface area contributed by atoms with Crippen LogP contribution in [0.15, 0.2) is 48.5 Å². The van der Waals surface area contributed by atoms with E-state index in [0.29, 0.717) is 23.0 Å². The summed E-state index contributed by atoms with van der Waals surface area (Å²) in [6.07, 6.45) is -0.581. The highest BCUT2D eigenvalue weighted by atomic mass is 16.5. The number of carbonyl (C=O) groups is 1. The molecule has 1 amide bonds. The van der Waals surface area contributed by atoms with E-state index in [1.807, 2.05) is 24.3 Å². The van der Waals surface area contributed by atoms with Crippen molar-refractivity contribution >= 4 is 17.3 Å². The lowest BCUT2D eigenvalue weighted by molar-refractivity contribution is -0.122. The molecule has 4 nitrogen and oxygen atoms in total. The number of hydrogen-bond donors (Lipinski definition) is 2. The van der Waals surface area contributed by atoms with Crippen LogP contribution in [0, 0.1) is 0 Å². The van der Waals surface area contributed by atoms with Crippen molar-refractivity contribution < 1.29 is 9.53 Å². The van der Waals surface area contributed by atoms with Crippen molar-refractivity contribution in [2.24, 2.45) is 0 Å². The third-order valence-corrected chi connectivity index (χ3v) is 3.41. The topological polar surface area (TPSA) is 64.3 Å². The van der Waals surface area contributed by atoms with Gasteiger partial charge < -0.3 is 15.8 Å². The third-order valence-electron chi connectivity index (χ3n) is 3.41. The van der Waals surface area contributed by atoms with E-state index in [1.165, 1.54) is 5.56 Å². The number of amides is 1. The van der Waals surface area contributed by atoms with E-state index in [9.17, 15) is 4.79 Å². The highest BCUT2D eigenvalue weighted by molar-refractivity contribution is 5.94. The largest absolute Gasteiger partial charge is 0.481 e. The molecule has 3 N–H and O–H groups in total. The molecule has 0 aliphatic heterocycles. The number of carbonyl (C=O) groups excluding carboxylic acids is 1. The number of nitrogen functional groups attached to an aromatic ring is 1. The fraction of sp³-hybridized carbons (Fsp3) is 0.278. The average molecular weight is 298 g/mol. The lowest BCUT2D eigenvalue weighted by Crippen LogP contribution is -2.30. The zero-order chi connectivity index (χ0) is 16.1. The number of anilines is 2. The van der Waals surface area contributed by atoms with E-state index in [1.54, 1.807) is 31.2 Å². The second kappa shape index (κ2) is 6.98. The number of rotatable bonds is 5. The quantitative estimate of drug-likeness (QED) is 0.825. The van der Waals surface area contributed by atoms with Crippen molar-refractivity contribution in [1.82, 2.24) is 0 Å². The Balaban J connectivity index is 1.94. The molecule has 0 aromatic heterocycles. The van der Waals surface area contributed by atoms with Crippen LogP contribution in [0.3, 0.4) is 0 Å². The molecule has 0 unspecified atom stereocenters. The van der Waals surface area contributed by atoms with Crippen LogP contribution in [-0.2, 0) is 4.79 Å². The number of hydrogen-bond acceptors (Lipinski definition) is 3. The molecule has 0 fully saturated rings. The van der Waals surface area contributed by atoms with Gasteiger partial charge in [0.2, 0.25) is 0 Å². The maximum absolute atomic E-state index is 12.1. The minimum Gasteiger partial charge on any atom is -0.481 e. The summed E-state index contributed by atoms with van der Waals surface area (Å²) in [6.45, 7) is 6.00. The van der Waals surface area contributed by atoms with Crippen molar-refractivity contribution in [3.8, 4) is 5.75 Å². The highest BCUT2D eigenvalue weighted by Gasteiger charge is 2.15. The summed E-state index contributed by atoms with van der Waals surface area (Å²) in [5.74, 6) is 0.961. The van der Waals surface area contributed by atoms with Gasteiger partial charge in [0.25, 0.3) is 5.91 Å². The van der Waals surface area contributed by atoms with Crippen LogP contribution in [0.2, 0.25) is 0 Å². The summed E-state index contributed by atoms with van der Waals surface area (Å²) >= 11 is 0. The van der Waals surface area contributed by atoms with Gasteiger partial charge in [0, 0.05) is 11.4 Å². The SMILES string of the molecule is CC(C)c1ccc(O[C@H](C)C(=O)Nc2ccc(N)cc2)cc1. The second-order valence-corrected chi connectivity index (χ2v) is 5.60. The van der Waals surface area contributed by atoms with Crippen molar-refractivity contribution in [2.45, 2.75) is 32.8 Å². The van der Waals surface area contributed by atoms with Gasteiger partial charge in [-0.1, -0.05) is 26.0 Å². The number of ether oxygens (including phenoxy) is 1. The van der Waals surface area contributed by atoms with Crippen LogP contribution in [0.5, 0.6) is 5.75 Å². The Bertz CT molecular complexity index is 619. The Morgan fingerprint density at radius 1 is 1.00 bits per heavy atom. The standard InChI is InChI=1S/C18H22N2O2/c1-12(2)14-4-10-17(11-5-14)22-13(3)18(21)20-16-8-6-15(19)7-9-16/h4-13H,19H2,1-3H3,(H,20,21)/t13-/m1/s1. The maximum Gasteiger partial charge on any atom is 0.265 e. The highest BCUT2D eigenvalue weighted by Crippen LogP contribution is 2.20. The average Bonchev–Trinajstić information content (AvgIpc) is 2.50. The first-order valence-corrected chi connectivity index (χ1v) is 7.38. The Morgan fingerprint density at radius 3 is 2.14 bits per heavy atom. The Labute approximate surface area is 131 Å². The van der Waals surface area contributed by atoms with E-state index in [-0.39, 0.29) is 5.91 Å². The molecule has 2 aromatic rings. The summed E-state index contributed by atoms with van der Waals surface area (Å²) in [7, 11) is 0. The van der Waals surface area contributed by atoms with E-state index in [4.69, 9.17) is 10.5 Å². The molecule has 0 bridgehead atoms. The Kier molecular flexibility index (Phi) is 5.04. The monoisotopic (exact) mass is 298 g/mol. The molecule has 0 saturated carbocycles. The number of nitrogens with one attached hydrogen (secondary N) is 1. The fourth-order valence-electron chi connectivity index (χ4n) is 2.00. The minimum absolute atomic E-state index is 0.197. The second-order valence-electron chi connectivity index (χ2n) is 5.60. The molecule has 2 aromatic carbocycles. The van der Waals surface area contributed by atoms with Gasteiger partial charge in [-0.2, -0.15) is 0 Å².